The third-order valence-electron chi connectivity index (χ3n) is 4.26. The van der Waals surface area contributed by atoms with Crippen LogP contribution in [0.5, 0.6) is 5.75 Å². The van der Waals surface area contributed by atoms with Gasteiger partial charge in [0.1, 0.15) is 5.75 Å². The fourth-order valence-electron chi connectivity index (χ4n) is 2.87. The fourth-order valence-corrected chi connectivity index (χ4v) is 2.87. The molecule has 0 amide bonds. The monoisotopic (exact) mass is 260 g/mol. The second-order valence-electron chi connectivity index (χ2n) is 5.83. The molecule has 0 radical (unpaired) electrons. The van der Waals surface area contributed by atoms with E-state index in [4.69, 9.17) is 4.74 Å². The van der Waals surface area contributed by atoms with Crippen LogP contribution in [0.3, 0.4) is 0 Å². The van der Waals surface area contributed by atoms with Crippen LogP contribution < -0.4 is 4.74 Å². The maximum absolute atomic E-state index is 5.43. The van der Waals surface area contributed by atoms with Gasteiger partial charge in [0.2, 0.25) is 0 Å². The summed E-state index contributed by atoms with van der Waals surface area (Å²) in [6, 6.07) is 8.37. The number of hydrogen-bond acceptors (Lipinski definition) is 3. The van der Waals surface area contributed by atoms with Gasteiger partial charge in [0.25, 0.3) is 0 Å². The molecule has 0 atom stereocenters. The van der Waals surface area contributed by atoms with Crippen molar-refractivity contribution in [1.82, 2.24) is 9.80 Å². The Labute approximate surface area is 116 Å². The first-order valence-electron chi connectivity index (χ1n) is 7.42. The summed E-state index contributed by atoms with van der Waals surface area (Å²) in [6.07, 6.45) is 2.92. The molecule has 1 aliphatic heterocycles. The minimum atomic E-state index is 1.01. The van der Waals surface area contributed by atoms with Gasteiger partial charge in [-0.25, -0.2) is 0 Å². The lowest BCUT2D eigenvalue weighted by Gasteiger charge is -2.35. The van der Waals surface area contributed by atoms with E-state index in [1.54, 1.807) is 7.11 Å². The number of rotatable bonds is 5. The van der Waals surface area contributed by atoms with Crippen LogP contribution >= 0.6 is 0 Å². The summed E-state index contributed by atoms with van der Waals surface area (Å²) in [5, 5.41) is 0. The summed E-state index contributed by atoms with van der Waals surface area (Å²) >= 11 is 0. The molecule has 0 spiro atoms. The predicted octanol–water partition coefficient (Wildman–Crippen LogP) is 2.22. The highest BCUT2D eigenvalue weighted by Gasteiger charge is 2.26. The molecule has 1 aromatic rings. The van der Waals surface area contributed by atoms with Gasteiger partial charge in [-0.05, 0) is 24.8 Å². The van der Waals surface area contributed by atoms with Crippen molar-refractivity contribution in [3.8, 4) is 5.75 Å². The fraction of sp³-hybridized carbons (Fsp3) is 0.625. The third kappa shape index (κ3) is 3.48. The molecule has 104 valence electrons. The molecule has 1 saturated carbocycles. The van der Waals surface area contributed by atoms with Crippen molar-refractivity contribution < 1.29 is 4.74 Å². The summed E-state index contributed by atoms with van der Waals surface area (Å²) in [6.45, 7) is 7.18. The Kier molecular flexibility index (Phi) is 4.04. The number of hydrogen-bond donors (Lipinski definition) is 0. The zero-order valence-electron chi connectivity index (χ0n) is 11.8. The van der Waals surface area contributed by atoms with Crippen molar-refractivity contribution >= 4 is 0 Å². The first kappa shape index (κ1) is 12.9. The number of para-hydroxylation sites is 1. The zero-order chi connectivity index (χ0) is 13.1. The van der Waals surface area contributed by atoms with Crippen LogP contribution in [0.4, 0.5) is 0 Å². The Bertz CT molecular complexity index is 409. The molecule has 19 heavy (non-hydrogen) atoms. The minimum absolute atomic E-state index is 1.01. The molecule has 1 heterocycles. The highest BCUT2D eigenvalue weighted by Crippen LogP contribution is 2.30. The van der Waals surface area contributed by atoms with Gasteiger partial charge in [-0.3, -0.25) is 4.90 Å². The first-order chi connectivity index (χ1) is 9.35. The van der Waals surface area contributed by atoms with E-state index < -0.39 is 0 Å². The van der Waals surface area contributed by atoms with E-state index in [9.17, 15) is 0 Å². The maximum atomic E-state index is 5.43. The second kappa shape index (κ2) is 5.93. The standard InChI is InChI=1S/C16H24N2O/c1-19-16-5-3-2-4-15(16)13-18-10-8-17(9-11-18)12-14-6-7-14/h2-5,14H,6-13H2,1H3. The molecule has 3 heteroatoms. The number of methoxy groups -OCH3 is 1. The van der Waals surface area contributed by atoms with Gasteiger partial charge in [-0.2, -0.15) is 0 Å². The quantitative estimate of drug-likeness (QED) is 0.807. The van der Waals surface area contributed by atoms with Gasteiger partial charge in [0, 0.05) is 44.8 Å². The molecule has 3 rings (SSSR count). The lowest BCUT2D eigenvalue weighted by atomic mass is 10.1. The van der Waals surface area contributed by atoms with Gasteiger partial charge in [0.05, 0.1) is 7.11 Å². The molecule has 0 bridgehead atoms. The summed E-state index contributed by atoms with van der Waals surface area (Å²) in [7, 11) is 1.76. The maximum Gasteiger partial charge on any atom is 0.123 e. The Morgan fingerprint density at radius 1 is 1.05 bits per heavy atom. The average Bonchev–Trinajstić information content (AvgIpc) is 3.26. The summed E-state index contributed by atoms with van der Waals surface area (Å²) < 4.78 is 5.43. The molecule has 1 saturated heterocycles. The van der Waals surface area contributed by atoms with E-state index in [1.165, 1.54) is 51.1 Å². The molecule has 0 unspecified atom stereocenters. The third-order valence-corrected chi connectivity index (χ3v) is 4.26. The van der Waals surface area contributed by atoms with Gasteiger partial charge < -0.3 is 9.64 Å². The van der Waals surface area contributed by atoms with E-state index in [0.717, 1.165) is 18.2 Å². The van der Waals surface area contributed by atoms with Gasteiger partial charge >= 0.3 is 0 Å². The molecule has 0 aromatic heterocycles. The summed E-state index contributed by atoms with van der Waals surface area (Å²) in [4.78, 5) is 5.18. The molecule has 1 aliphatic carbocycles. The first-order valence-corrected chi connectivity index (χ1v) is 7.42. The zero-order valence-corrected chi connectivity index (χ0v) is 11.8. The van der Waals surface area contributed by atoms with Crippen LogP contribution in [0.15, 0.2) is 24.3 Å². The van der Waals surface area contributed by atoms with E-state index >= 15 is 0 Å². The van der Waals surface area contributed by atoms with Crippen LogP contribution in [0, 0.1) is 5.92 Å². The number of piperazine rings is 1. The molecular weight excluding hydrogens is 236 g/mol. The highest BCUT2D eigenvalue weighted by molar-refractivity contribution is 5.33. The van der Waals surface area contributed by atoms with Crippen LogP contribution in [0.2, 0.25) is 0 Å². The Balaban J connectivity index is 1.50. The minimum Gasteiger partial charge on any atom is -0.496 e. The van der Waals surface area contributed by atoms with Crippen LogP contribution in [0.1, 0.15) is 18.4 Å². The molecule has 2 fully saturated rings. The SMILES string of the molecule is COc1ccccc1CN1CCN(CC2CC2)CC1. The largest absolute Gasteiger partial charge is 0.496 e. The summed E-state index contributed by atoms with van der Waals surface area (Å²) in [5.41, 5.74) is 1.31. The van der Waals surface area contributed by atoms with E-state index in [-0.39, 0.29) is 0 Å². The molecule has 2 aliphatic rings. The Morgan fingerprint density at radius 2 is 1.74 bits per heavy atom. The topological polar surface area (TPSA) is 15.7 Å². The van der Waals surface area contributed by atoms with Crippen LogP contribution in [-0.4, -0.2) is 49.6 Å². The van der Waals surface area contributed by atoms with Crippen molar-refractivity contribution in [2.75, 3.05) is 39.8 Å². The van der Waals surface area contributed by atoms with Gasteiger partial charge in [0.15, 0.2) is 0 Å². The normalized spacial score (nSPS) is 21.5. The van der Waals surface area contributed by atoms with E-state index in [2.05, 4.69) is 28.0 Å². The lowest BCUT2D eigenvalue weighted by Crippen LogP contribution is -2.46. The molecule has 1 aromatic carbocycles. The molecular formula is C16H24N2O. The van der Waals surface area contributed by atoms with Gasteiger partial charge in [-0.1, -0.05) is 18.2 Å². The van der Waals surface area contributed by atoms with E-state index in [0.29, 0.717) is 0 Å². The smallest absolute Gasteiger partial charge is 0.123 e. The lowest BCUT2D eigenvalue weighted by molar-refractivity contribution is 0.122. The Morgan fingerprint density at radius 3 is 2.42 bits per heavy atom. The van der Waals surface area contributed by atoms with Crippen molar-refractivity contribution in [2.24, 2.45) is 5.92 Å². The van der Waals surface area contributed by atoms with Crippen LogP contribution in [0.25, 0.3) is 0 Å². The number of nitrogens with zero attached hydrogens (tertiary/aromatic N) is 2. The van der Waals surface area contributed by atoms with Crippen molar-refractivity contribution in [3.63, 3.8) is 0 Å². The average molecular weight is 260 g/mol. The molecule has 0 N–H and O–H groups in total. The van der Waals surface area contributed by atoms with E-state index in [1.807, 2.05) is 6.07 Å². The Hall–Kier alpha value is -1.06. The van der Waals surface area contributed by atoms with Crippen LogP contribution in [-0.2, 0) is 6.54 Å². The second-order valence-corrected chi connectivity index (χ2v) is 5.83. The summed E-state index contributed by atoms with van der Waals surface area (Å²) in [5.74, 6) is 2.03. The molecule has 3 nitrogen and oxygen atoms in total. The number of ether oxygens (including phenoxy) is 1. The van der Waals surface area contributed by atoms with Crippen molar-refractivity contribution in [3.05, 3.63) is 29.8 Å². The van der Waals surface area contributed by atoms with Crippen molar-refractivity contribution in [2.45, 2.75) is 19.4 Å². The van der Waals surface area contributed by atoms with Crippen molar-refractivity contribution in [1.29, 1.82) is 0 Å². The highest BCUT2D eigenvalue weighted by atomic mass is 16.5. The number of benzene rings is 1. The predicted molar refractivity (Wildman–Crippen MR) is 77.4 cm³/mol. The van der Waals surface area contributed by atoms with Gasteiger partial charge in [-0.15, -0.1) is 0 Å².